The van der Waals surface area contributed by atoms with Crippen LogP contribution in [0.3, 0.4) is 0 Å². The molecule has 2 heterocycles. The minimum atomic E-state index is -0.149. The molecule has 0 N–H and O–H groups in total. The largest absolute Gasteiger partial charge is 0.491 e. The first-order valence-electron chi connectivity index (χ1n) is 16.3. The van der Waals surface area contributed by atoms with Crippen molar-refractivity contribution in [2.75, 3.05) is 45.8 Å². The van der Waals surface area contributed by atoms with E-state index in [0.29, 0.717) is 23.0 Å². The fourth-order valence-corrected chi connectivity index (χ4v) is 7.67. The normalized spacial score (nSPS) is 23.2. The van der Waals surface area contributed by atoms with Gasteiger partial charge in [-0.15, -0.1) is 0 Å². The Morgan fingerprint density at radius 3 is 2.45 bits per heavy atom. The molecule has 2 aromatic rings. The van der Waals surface area contributed by atoms with Gasteiger partial charge in [0.1, 0.15) is 5.75 Å². The van der Waals surface area contributed by atoms with Crippen molar-refractivity contribution in [1.29, 1.82) is 0 Å². The van der Waals surface area contributed by atoms with Crippen LogP contribution in [0.5, 0.6) is 5.75 Å². The minimum absolute atomic E-state index is 0.101. The molecule has 0 unspecified atom stereocenters. The zero-order valence-electron chi connectivity index (χ0n) is 25.6. The van der Waals surface area contributed by atoms with E-state index in [1.807, 2.05) is 44.2 Å². The van der Waals surface area contributed by atoms with Gasteiger partial charge < -0.3 is 14.5 Å². The fourth-order valence-electron chi connectivity index (χ4n) is 7.37. The third-order valence-electron chi connectivity index (χ3n) is 9.74. The van der Waals surface area contributed by atoms with Gasteiger partial charge in [0.25, 0.3) is 0 Å². The molecule has 230 valence electrons. The average Bonchev–Trinajstić information content (AvgIpc) is 3.22. The minimum Gasteiger partial charge on any atom is -0.491 e. The van der Waals surface area contributed by atoms with Gasteiger partial charge >= 0.3 is 0 Å². The van der Waals surface area contributed by atoms with Crippen LogP contribution in [0, 0.1) is 0 Å². The molecular weight excluding hydrogens is 565 g/mol. The summed E-state index contributed by atoms with van der Waals surface area (Å²) in [6.07, 6.45) is 11.6. The molecule has 42 heavy (non-hydrogen) atoms. The first kappa shape index (κ1) is 31.6. The maximum atomic E-state index is 13.8. The molecule has 3 fully saturated rings. The van der Waals surface area contributed by atoms with Crippen molar-refractivity contribution in [3.05, 3.63) is 63.6 Å². The molecule has 0 aromatic heterocycles. The first-order chi connectivity index (χ1) is 20.3. The molecular formula is C35H49Cl2N3O2. The number of piperazine rings is 1. The van der Waals surface area contributed by atoms with Crippen LogP contribution < -0.4 is 4.74 Å². The van der Waals surface area contributed by atoms with Gasteiger partial charge in [0, 0.05) is 50.7 Å². The number of hydrogen-bond donors (Lipinski definition) is 0. The van der Waals surface area contributed by atoms with E-state index < -0.39 is 0 Å². The number of ether oxygens (including phenoxy) is 1. The van der Waals surface area contributed by atoms with E-state index in [0.717, 1.165) is 69.2 Å². The Labute approximate surface area is 263 Å². The van der Waals surface area contributed by atoms with Crippen LogP contribution >= 0.6 is 23.2 Å². The summed E-state index contributed by atoms with van der Waals surface area (Å²) in [5, 5.41) is 1.18. The molecule has 1 aliphatic carbocycles. The fraction of sp³-hybridized carbons (Fsp3) is 0.629. The summed E-state index contributed by atoms with van der Waals surface area (Å²) in [6.45, 7) is 11.2. The quantitative estimate of drug-likeness (QED) is 0.291. The molecule has 5 rings (SSSR count). The molecule has 2 aliphatic heterocycles. The van der Waals surface area contributed by atoms with E-state index in [1.54, 1.807) is 0 Å². The van der Waals surface area contributed by atoms with Crippen LogP contribution in [0.1, 0.15) is 82.8 Å². The van der Waals surface area contributed by atoms with Crippen molar-refractivity contribution in [1.82, 2.24) is 14.7 Å². The highest BCUT2D eigenvalue weighted by Gasteiger charge is 2.38. The first-order valence-corrected chi connectivity index (χ1v) is 17.0. The van der Waals surface area contributed by atoms with Crippen LogP contribution in [0.2, 0.25) is 10.0 Å². The van der Waals surface area contributed by atoms with Gasteiger partial charge in [0.15, 0.2) is 0 Å². The highest BCUT2D eigenvalue weighted by molar-refractivity contribution is 6.42. The number of nitrogens with zero attached hydrogens (tertiary/aromatic N) is 3. The van der Waals surface area contributed by atoms with Gasteiger partial charge in [0.2, 0.25) is 5.91 Å². The number of likely N-dealkylation sites (tertiary alicyclic amines) is 1. The summed E-state index contributed by atoms with van der Waals surface area (Å²) in [5.41, 5.74) is 2.06. The van der Waals surface area contributed by atoms with Crippen molar-refractivity contribution in [3.63, 3.8) is 0 Å². The number of carbonyl (C=O) groups is 1. The Morgan fingerprint density at radius 2 is 1.71 bits per heavy atom. The second-order valence-electron chi connectivity index (χ2n) is 13.1. The van der Waals surface area contributed by atoms with Gasteiger partial charge in [-0.25, -0.2) is 0 Å². The Hall–Kier alpha value is -1.79. The highest BCUT2D eigenvalue weighted by Crippen LogP contribution is 2.40. The van der Waals surface area contributed by atoms with E-state index >= 15 is 0 Å². The monoisotopic (exact) mass is 613 g/mol. The lowest BCUT2D eigenvalue weighted by Crippen LogP contribution is -2.52. The average molecular weight is 615 g/mol. The van der Waals surface area contributed by atoms with E-state index in [2.05, 4.69) is 26.8 Å². The second-order valence-corrected chi connectivity index (χ2v) is 13.9. The maximum Gasteiger partial charge on any atom is 0.227 e. The lowest BCUT2D eigenvalue weighted by Gasteiger charge is -2.43. The molecule has 1 saturated carbocycles. The van der Waals surface area contributed by atoms with Gasteiger partial charge in [0.05, 0.1) is 22.6 Å². The number of amides is 1. The Balaban J connectivity index is 1.29. The Kier molecular flexibility index (Phi) is 11.1. The molecule has 0 spiro atoms. The molecule has 7 heteroatoms. The van der Waals surface area contributed by atoms with Crippen LogP contribution in [0.15, 0.2) is 42.5 Å². The molecule has 5 nitrogen and oxygen atoms in total. The molecule has 2 saturated heterocycles. The van der Waals surface area contributed by atoms with Gasteiger partial charge in [-0.05, 0) is 87.9 Å². The summed E-state index contributed by atoms with van der Waals surface area (Å²) in [5.74, 6) is 1.00. The van der Waals surface area contributed by atoms with Crippen molar-refractivity contribution in [2.45, 2.75) is 95.6 Å². The number of halogens is 2. The lowest BCUT2D eigenvalue weighted by molar-refractivity contribution is -0.131. The van der Waals surface area contributed by atoms with Crippen molar-refractivity contribution < 1.29 is 9.53 Å². The number of benzene rings is 2. The lowest BCUT2D eigenvalue weighted by atomic mass is 9.73. The van der Waals surface area contributed by atoms with Gasteiger partial charge in [-0.1, -0.05) is 67.1 Å². The molecule has 0 radical (unpaired) electrons. The number of hydrogen-bond acceptors (Lipinski definition) is 4. The molecule has 0 bridgehead atoms. The molecule has 1 amide bonds. The second kappa shape index (κ2) is 14.8. The van der Waals surface area contributed by atoms with Crippen LogP contribution in [-0.2, 0) is 16.6 Å². The van der Waals surface area contributed by atoms with Crippen LogP contribution in [-0.4, -0.2) is 78.6 Å². The van der Waals surface area contributed by atoms with Crippen molar-refractivity contribution in [3.8, 4) is 5.75 Å². The van der Waals surface area contributed by atoms with E-state index in [9.17, 15) is 4.79 Å². The Bertz CT molecular complexity index is 1180. The van der Waals surface area contributed by atoms with Crippen molar-refractivity contribution >= 4 is 29.1 Å². The van der Waals surface area contributed by atoms with Crippen LogP contribution in [0.4, 0.5) is 0 Å². The zero-order valence-corrected chi connectivity index (χ0v) is 27.1. The zero-order chi connectivity index (χ0) is 29.5. The number of carbonyl (C=O) groups excluding carboxylic acids is 1. The summed E-state index contributed by atoms with van der Waals surface area (Å²) >= 11 is 13.0. The predicted molar refractivity (Wildman–Crippen MR) is 174 cm³/mol. The Morgan fingerprint density at radius 1 is 0.929 bits per heavy atom. The van der Waals surface area contributed by atoms with Crippen LogP contribution in [0.25, 0.3) is 0 Å². The van der Waals surface area contributed by atoms with Crippen molar-refractivity contribution in [2.24, 2.45) is 0 Å². The summed E-state index contributed by atoms with van der Waals surface area (Å²) in [4.78, 5) is 21.3. The van der Waals surface area contributed by atoms with Gasteiger partial charge in [-0.3, -0.25) is 9.69 Å². The van der Waals surface area contributed by atoms with E-state index in [1.165, 1.54) is 50.8 Å². The SMILES string of the molecule is CC(C)Oc1cccc(CC(=O)N2CCCC[C@](CCN3CCN(C4CCCCC4)CC3)(c3ccc(Cl)c(Cl)c3)C2)c1. The summed E-state index contributed by atoms with van der Waals surface area (Å²) in [6, 6.07) is 14.9. The molecule has 1 atom stereocenters. The maximum absolute atomic E-state index is 13.8. The third-order valence-corrected chi connectivity index (χ3v) is 10.5. The van der Waals surface area contributed by atoms with E-state index in [4.69, 9.17) is 27.9 Å². The molecule has 3 aliphatic rings. The summed E-state index contributed by atoms with van der Waals surface area (Å²) < 4.78 is 5.89. The smallest absolute Gasteiger partial charge is 0.227 e. The highest BCUT2D eigenvalue weighted by atomic mass is 35.5. The van der Waals surface area contributed by atoms with Gasteiger partial charge in [-0.2, -0.15) is 0 Å². The molecule has 2 aromatic carbocycles. The standard InChI is InChI=1S/C35H49Cl2N3O2/c1-27(2)42-31-12-8-9-28(23-31)24-34(41)40-17-7-6-15-35(26-40,29-13-14-32(36)33(37)25-29)16-18-38-19-21-39(22-20-38)30-10-4-3-5-11-30/h8-9,12-14,23,25,27,30H,3-7,10-11,15-22,24,26H2,1-2H3/t35-/m1/s1. The summed E-state index contributed by atoms with van der Waals surface area (Å²) in [7, 11) is 0. The third kappa shape index (κ3) is 8.22. The number of rotatable bonds is 9. The topological polar surface area (TPSA) is 36.0 Å². The predicted octanol–water partition coefficient (Wildman–Crippen LogP) is 7.61. The van der Waals surface area contributed by atoms with E-state index in [-0.39, 0.29) is 17.4 Å².